The summed E-state index contributed by atoms with van der Waals surface area (Å²) < 4.78 is 20.2. The molecule has 8 heteroatoms. The minimum Gasteiger partial charge on any atom is -0.343 e. The number of hydrogen-bond acceptors (Lipinski definition) is 5. The van der Waals surface area contributed by atoms with Crippen LogP contribution in [0.2, 0.25) is 0 Å². The Hall–Kier alpha value is -1.99. The molecule has 0 spiro atoms. The van der Waals surface area contributed by atoms with Crippen molar-refractivity contribution in [3.05, 3.63) is 11.7 Å². The van der Waals surface area contributed by atoms with E-state index in [9.17, 15) is 9.59 Å². The van der Waals surface area contributed by atoms with Gasteiger partial charge in [0.2, 0.25) is 17.5 Å². The van der Waals surface area contributed by atoms with E-state index < -0.39 is 5.67 Å². The van der Waals surface area contributed by atoms with E-state index in [0.29, 0.717) is 44.7 Å². The number of halogens is 1. The molecule has 0 saturated carbocycles. The van der Waals surface area contributed by atoms with Crippen LogP contribution in [0.5, 0.6) is 0 Å². The summed E-state index contributed by atoms with van der Waals surface area (Å²) in [6.07, 6.45) is 2.11. The molecule has 1 atom stereocenters. The van der Waals surface area contributed by atoms with Crippen LogP contribution in [-0.2, 0) is 15.3 Å². The smallest absolute Gasteiger partial charge is 0.266 e. The summed E-state index contributed by atoms with van der Waals surface area (Å²) in [5.74, 6) is 0.211. The van der Waals surface area contributed by atoms with Crippen LogP contribution in [0.1, 0.15) is 44.3 Å². The summed E-state index contributed by atoms with van der Waals surface area (Å²) in [7, 11) is 0. The van der Waals surface area contributed by atoms with E-state index in [1.807, 2.05) is 0 Å². The Kier molecular flexibility index (Phi) is 4.56. The van der Waals surface area contributed by atoms with E-state index in [1.54, 1.807) is 16.7 Å². The van der Waals surface area contributed by atoms with Crippen LogP contribution in [0.25, 0.3) is 0 Å². The molecule has 2 saturated heterocycles. The van der Waals surface area contributed by atoms with Crippen molar-refractivity contribution in [2.45, 2.75) is 45.2 Å². The first kappa shape index (κ1) is 16.9. The number of amides is 2. The Labute approximate surface area is 140 Å². The van der Waals surface area contributed by atoms with E-state index >= 15 is 4.39 Å². The lowest BCUT2D eigenvalue weighted by atomic mass is 9.90. The fourth-order valence-corrected chi connectivity index (χ4v) is 3.55. The highest BCUT2D eigenvalue weighted by atomic mass is 19.1. The molecule has 2 amide bonds. The maximum Gasteiger partial charge on any atom is 0.266 e. The Bertz CT molecular complexity index is 627. The molecule has 2 aliphatic rings. The number of nitrogens with zero attached hydrogens (tertiary/aromatic N) is 4. The molecule has 0 N–H and O–H groups in total. The van der Waals surface area contributed by atoms with Crippen molar-refractivity contribution in [2.24, 2.45) is 5.92 Å². The number of alkyl halides is 1. The van der Waals surface area contributed by atoms with Crippen molar-refractivity contribution in [2.75, 3.05) is 26.2 Å². The Morgan fingerprint density at radius 1 is 1.25 bits per heavy atom. The van der Waals surface area contributed by atoms with Crippen LogP contribution in [0, 0.1) is 12.8 Å². The lowest BCUT2D eigenvalue weighted by Gasteiger charge is -2.38. The molecule has 0 bridgehead atoms. The topological polar surface area (TPSA) is 79.5 Å². The zero-order valence-electron chi connectivity index (χ0n) is 14.1. The number of likely N-dealkylation sites (tertiary alicyclic amines) is 2. The summed E-state index contributed by atoms with van der Waals surface area (Å²) in [5.41, 5.74) is -1.77. The summed E-state index contributed by atoms with van der Waals surface area (Å²) in [6, 6.07) is 0. The van der Waals surface area contributed by atoms with Crippen LogP contribution in [0.3, 0.4) is 0 Å². The third-order valence-corrected chi connectivity index (χ3v) is 4.95. The normalized spacial score (nSPS) is 25.8. The van der Waals surface area contributed by atoms with Crippen LogP contribution in [0.15, 0.2) is 4.52 Å². The van der Waals surface area contributed by atoms with Gasteiger partial charge in [-0.05, 0) is 32.6 Å². The van der Waals surface area contributed by atoms with Gasteiger partial charge in [0.05, 0.1) is 6.54 Å². The predicted octanol–water partition coefficient (Wildman–Crippen LogP) is 1.42. The number of carbonyl (C=O) groups is 2. The summed E-state index contributed by atoms with van der Waals surface area (Å²) >= 11 is 0. The second-order valence-electron chi connectivity index (χ2n) is 6.76. The largest absolute Gasteiger partial charge is 0.343 e. The van der Waals surface area contributed by atoms with Gasteiger partial charge in [0.25, 0.3) is 5.89 Å². The van der Waals surface area contributed by atoms with E-state index in [0.717, 1.165) is 0 Å². The van der Waals surface area contributed by atoms with Crippen LogP contribution in [0.4, 0.5) is 4.39 Å². The van der Waals surface area contributed by atoms with E-state index in [2.05, 4.69) is 10.1 Å². The van der Waals surface area contributed by atoms with Crippen molar-refractivity contribution in [1.29, 1.82) is 0 Å². The average Bonchev–Trinajstić information content (AvgIpc) is 3.02. The second kappa shape index (κ2) is 6.49. The minimum atomic E-state index is -1.77. The lowest BCUT2D eigenvalue weighted by molar-refractivity contribution is -0.144. The molecule has 1 unspecified atom stereocenters. The molecule has 0 aliphatic carbocycles. The first-order valence-corrected chi connectivity index (χ1v) is 8.43. The molecule has 0 aromatic carbocycles. The zero-order chi connectivity index (χ0) is 17.3. The first-order chi connectivity index (χ1) is 11.4. The molecular formula is C16H23FN4O3. The predicted molar refractivity (Wildman–Crippen MR) is 82.6 cm³/mol. The second-order valence-corrected chi connectivity index (χ2v) is 6.76. The fourth-order valence-electron chi connectivity index (χ4n) is 3.55. The quantitative estimate of drug-likeness (QED) is 0.815. The van der Waals surface area contributed by atoms with Crippen LogP contribution >= 0.6 is 0 Å². The van der Waals surface area contributed by atoms with Gasteiger partial charge in [0, 0.05) is 32.5 Å². The van der Waals surface area contributed by atoms with Gasteiger partial charge in [-0.2, -0.15) is 4.98 Å². The number of hydrogen-bond donors (Lipinski definition) is 0. The third-order valence-electron chi connectivity index (χ3n) is 4.95. The molecule has 2 aliphatic heterocycles. The van der Waals surface area contributed by atoms with Crippen molar-refractivity contribution in [3.63, 3.8) is 0 Å². The van der Waals surface area contributed by atoms with Gasteiger partial charge in [0.1, 0.15) is 0 Å². The summed E-state index contributed by atoms with van der Waals surface area (Å²) in [5, 5.41) is 3.65. The van der Waals surface area contributed by atoms with Gasteiger partial charge >= 0.3 is 0 Å². The number of aromatic nitrogens is 2. The van der Waals surface area contributed by atoms with Gasteiger partial charge in [-0.25, -0.2) is 4.39 Å². The summed E-state index contributed by atoms with van der Waals surface area (Å²) in [4.78, 5) is 31.5. The number of aryl methyl sites for hydroxylation is 1. The van der Waals surface area contributed by atoms with Gasteiger partial charge < -0.3 is 14.3 Å². The Morgan fingerprint density at radius 2 is 1.96 bits per heavy atom. The van der Waals surface area contributed by atoms with Gasteiger partial charge in [-0.3, -0.25) is 9.59 Å². The molecule has 1 aromatic rings. The van der Waals surface area contributed by atoms with Crippen molar-refractivity contribution >= 4 is 11.8 Å². The maximum atomic E-state index is 15.2. The highest BCUT2D eigenvalue weighted by Gasteiger charge is 2.44. The van der Waals surface area contributed by atoms with Gasteiger partial charge in [-0.15, -0.1) is 0 Å². The highest BCUT2D eigenvalue weighted by molar-refractivity contribution is 5.80. The van der Waals surface area contributed by atoms with E-state index in [4.69, 9.17) is 4.52 Å². The number of carbonyl (C=O) groups excluding carboxylic acids is 2. The molecule has 3 rings (SSSR count). The number of rotatable bonds is 2. The van der Waals surface area contributed by atoms with Gasteiger partial charge in [-0.1, -0.05) is 5.16 Å². The zero-order valence-corrected chi connectivity index (χ0v) is 14.1. The highest BCUT2D eigenvalue weighted by Crippen LogP contribution is 2.35. The molecule has 0 radical (unpaired) electrons. The lowest BCUT2D eigenvalue weighted by Crippen LogP contribution is -2.50. The molecule has 132 valence electrons. The Morgan fingerprint density at radius 3 is 2.54 bits per heavy atom. The minimum absolute atomic E-state index is 0.0313. The molecule has 1 aromatic heterocycles. The van der Waals surface area contributed by atoms with E-state index in [-0.39, 0.29) is 36.6 Å². The van der Waals surface area contributed by atoms with Crippen molar-refractivity contribution in [1.82, 2.24) is 19.9 Å². The molecule has 2 fully saturated rings. The van der Waals surface area contributed by atoms with E-state index in [1.165, 1.54) is 6.92 Å². The monoisotopic (exact) mass is 338 g/mol. The SMILES string of the molecule is CC(=O)N1CCC(C(=O)N2CCCC(F)(c3nc(C)no3)C2)CC1. The van der Waals surface area contributed by atoms with Crippen molar-refractivity contribution in [3.8, 4) is 0 Å². The molecule has 7 nitrogen and oxygen atoms in total. The fraction of sp³-hybridized carbons (Fsp3) is 0.750. The first-order valence-electron chi connectivity index (χ1n) is 8.43. The maximum absolute atomic E-state index is 15.2. The Balaban J connectivity index is 1.64. The number of piperidine rings is 2. The van der Waals surface area contributed by atoms with Gasteiger partial charge in [0.15, 0.2) is 5.82 Å². The molecular weight excluding hydrogens is 315 g/mol. The molecule has 24 heavy (non-hydrogen) atoms. The van der Waals surface area contributed by atoms with Crippen molar-refractivity contribution < 1.29 is 18.5 Å². The standard InChI is InChI=1S/C16H23FN4O3/c1-11-18-15(24-19-11)16(17)6-3-7-21(10-16)14(23)13-4-8-20(9-5-13)12(2)22/h13H,3-10H2,1-2H3. The average molecular weight is 338 g/mol. The third kappa shape index (κ3) is 3.27. The summed E-state index contributed by atoms with van der Waals surface area (Å²) in [6.45, 7) is 4.86. The molecule has 3 heterocycles. The van der Waals surface area contributed by atoms with Crippen LogP contribution < -0.4 is 0 Å². The van der Waals surface area contributed by atoms with Crippen LogP contribution in [-0.4, -0.2) is 57.9 Å².